The third-order valence-electron chi connectivity index (χ3n) is 3.68. The van der Waals surface area contributed by atoms with Crippen LogP contribution in [-0.4, -0.2) is 29.1 Å². The number of carbonyl (C=O) groups excluding carboxylic acids is 2. The van der Waals surface area contributed by atoms with Gasteiger partial charge in [0.15, 0.2) is 5.54 Å². The Morgan fingerprint density at radius 1 is 1.50 bits per heavy atom. The standard InChI is InChI=1S/C14H20N2O3S/c1-3-5-10(9-20)8-16-12(17)14(2,15-13(16)18)11-6-4-7-19-11/h4,6-7,10,20H,3,5,8-9H2,1-2H3,(H,15,18). The van der Waals surface area contributed by atoms with Crippen molar-refractivity contribution >= 4 is 24.6 Å². The Labute approximate surface area is 124 Å². The van der Waals surface area contributed by atoms with E-state index >= 15 is 0 Å². The molecule has 20 heavy (non-hydrogen) atoms. The van der Waals surface area contributed by atoms with E-state index < -0.39 is 5.54 Å². The Kier molecular flexibility index (Phi) is 4.42. The molecular weight excluding hydrogens is 276 g/mol. The van der Waals surface area contributed by atoms with Crippen molar-refractivity contribution in [2.75, 3.05) is 12.3 Å². The van der Waals surface area contributed by atoms with Crippen molar-refractivity contribution < 1.29 is 14.0 Å². The van der Waals surface area contributed by atoms with Crippen LogP contribution in [0, 0.1) is 5.92 Å². The van der Waals surface area contributed by atoms with Crippen LogP contribution < -0.4 is 5.32 Å². The topological polar surface area (TPSA) is 62.6 Å². The molecule has 2 atom stereocenters. The molecular formula is C14H20N2O3S. The van der Waals surface area contributed by atoms with Gasteiger partial charge in [-0.1, -0.05) is 13.3 Å². The van der Waals surface area contributed by atoms with E-state index in [1.807, 2.05) is 0 Å². The van der Waals surface area contributed by atoms with Crippen LogP contribution in [0.15, 0.2) is 22.8 Å². The summed E-state index contributed by atoms with van der Waals surface area (Å²) in [6.45, 7) is 4.15. The Bertz CT molecular complexity index is 489. The summed E-state index contributed by atoms with van der Waals surface area (Å²) < 4.78 is 5.29. The molecule has 3 amide bonds. The monoisotopic (exact) mass is 296 g/mol. The minimum Gasteiger partial charge on any atom is -0.466 e. The molecule has 1 saturated heterocycles. The number of hydrogen-bond acceptors (Lipinski definition) is 4. The zero-order valence-corrected chi connectivity index (χ0v) is 12.7. The van der Waals surface area contributed by atoms with Gasteiger partial charge in [-0.2, -0.15) is 12.6 Å². The highest BCUT2D eigenvalue weighted by atomic mass is 32.1. The number of amides is 3. The molecule has 0 bridgehead atoms. The van der Waals surface area contributed by atoms with Crippen LogP contribution in [0.25, 0.3) is 0 Å². The SMILES string of the molecule is CCCC(CS)CN1C(=O)NC(C)(c2ccco2)C1=O. The summed E-state index contributed by atoms with van der Waals surface area (Å²) in [7, 11) is 0. The number of urea groups is 1. The summed E-state index contributed by atoms with van der Waals surface area (Å²) in [5, 5.41) is 2.72. The molecule has 0 saturated carbocycles. The lowest BCUT2D eigenvalue weighted by atomic mass is 9.98. The quantitative estimate of drug-likeness (QED) is 0.626. The van der Waals surface area contributed by atoms with E-state index in [2.05, 4.69) is 24.9 Å². The fourth-order valence-corrected chi connectivity index (χ4v) is 2.80. The number of imide groups is 1. The average Bonchev–Trinajstić information content (AvgIpc) is 3.02. The molecule has 0 aliphatic carbocycles. The van der Waals surface area contributed by atoms with Crippen LogP contribution in [-0.2, 0) is 10.3 Å². The van der Waals surface area contributed by atoms with Gasteiger partial charge >= 0.3 is 6.03 Å². The molecule has 1 aromatic rings. The van der Waals surface area contributed by atoms with Gasteiger partial charge < -0.3 is 9.73 Å². The van der Waals surface area contributed by atoms with Crippen molar-refractivity contribution in [3.63, 3.8) is 0 Å². The molecule has 1 aliphatic heterocycles. The number of nitrogens with one attached hydrogen (secondary N) is 1. The number of furan rings is 1. The van der Waals surface area contributed by atoms with Gasteiger partial charge in [-0.05, 0) is 37.1 Å². The second-order valence-electron chi connectivity index (χ2n) is 5.29. The highest BCUT2D eigenvalue weighted by Crippen LogP contribution is 2.30. The van der Waals surface area contributed by atoms with Gasteiger partial charge in [0.1, 0.15) is 5.76 Å². The predicted molar refractivity (Wildman–Crippen MR) is 78.6 cm³/mol. The van der Waals surface area contributed by atoms with Gasteiger partial charge in [-0.25, -0.2) is 4.79 Å². The van der Waals surface area contributed by atoms with Gasteiger partial charge in [-0.3, -0.25) is 9.69 Å². The Balaban J connectivity index is 2.17. The number of thiol groups is 1. The third kappa shape index (κ3) is 2.57. The highest BCUT2D eigenvalue weighted by molar-refractivity contribution is 7.80. The van der Waals surface area contributed by atoms with Crippen molar-refractivity contribution in [3.8, 4) is 0 Å². The fraction of sp³-hybridized carbons (Fsp3) is 0.571. The van der Waals surface area contributed by atoms with Crippen LogP contribution >= 0.6 is 12.6 Å². The zero-order chi connectivity index (χ0) is 14.8. The lowest BCUT2D eigenvalue weighted by molar-refractivity contribution is -0.132. The summed E-state index contributed by atoms with van der Waals surface area (Å²) >= 11 is 4.30. The first-order valence-electron chi connectivity index (χ1n) is 6.81. The number of hydrogen-bond donors (Lipinski definition) is 2. The molecule has 0 spiro atoms. The molecule has 1 aromatic heterocycles. The van der Waals surface area contributed by atoms with E-state index in [0.29, 0.717) is 18.1 Å². The van der Waals surface area contributed by atoms with Gasteiger partial charge in [0.2, 0.25) is 0 Å². The van der Waals surface area contributed by atoms with Gasteiger partial charge in [-0.15, -0.1) is 0 Å². The summed E-state index contributed by atoms with van der Waals surface area (Å²) in [5.41, 5.74) is -1.10. The molecule has 110 valence electrons. The summed E-state index contributed by atoms with van der Waals surface area (Å²) in [4.78, 5) is 25.9. The summed E-state index contributed by atoms with van der Waals surface area (Å²) in [6, 6.07) is 3.04. The normalized spacial score (nSPS) is 24.1. The largest absolute Gasteiger partial charge is 0.466 e. The molecule has 2 heterocycles. The van der Waals surface area contributed by atoms with Crippen molar-refractivity contribution in [1.82, 2.24) is 10.2 Å². The highest BCUT2D eigenvalue weighted by Gasteiger charge is 2.51. The van der Waals surface area contributed by atoms with Crippen LogP contribution in [0.2, 0.25) is 0 Å². The lowest BCUT2D eigenvalue weighted by Gasteiger charge is -2.22. The lowest BCUT2D eigenvalue weighted by Crippen LogP contribution is -2.41. The Morgan fingerprint density at radius 2 is 2.25 bits per heavy atom. The number of carbonyl (C=O) groups is 2. The molecule has 0 aromatic carbocycles. The minimum absolute atomic E-state index is 0.219. The maximum atomic E-state index is 12.5. The second-order valence-corrected chi connectivity index (χ2v) is 5.65. The number of rotatable bonds is 6. The molecule has 1 N–H and O–H groups in total. The zero-order valence-electron chi connectivity index (χ0n) is 11.8. The maximum Gasteiger partial charge on any atom is 0.325 e. The van der Waals surface area contributed by atoms with E-state index in [0.717, 1.165) is 12.8 Å². The van der Waals surface area contributed by atoms with E-state index in [-0.39, 0.29) is 17.9 Å². The third-order valence-corrected chi connectivity index (χ3v) is 4.20. The Hall–Kier alpha value is -1.43. The van der Waals surface area contributed by atoms with Crippen molar-refractivity contribution in [1.29, 1.82) is 0 Å². The van der Waals surface area contributed by atoms with E-state index in [1.54, 1.807) is 19.1 Å². The van der Waals surface area contributed by atoms with Crippen molar-refractivity contribution in [2.24, 2.45) is 5.92 Å². The van der Waals surface area contributed by atoms with E-state index in [9.17, 15) is 9.59 Å². The molecule has 6 heteroatoms. The first-order valence-corrected chi connectivity index (χ1v) is 7.45. The summed E-state index contributed by atoms with van der Waals surface area (Å²) in [6.07, 6.45) is 3.44. The Morgan fingerprint density at radius 3 is 2.80 bits per heavy atom. The van der Waals surface area contributed by atoms with Crippen LogP contribution in [0.4, 0.5) is 4.79 Å². The molecule has 5 nitrogen and oxygen atoms in total. The average molecular weight is 296 g/mol. The molecule has 2 rings (SSSR count). The molecule has 2 unspecified atom stereocenters. The van der Waals surface area contributed by atoms with Crippen LogP contribution in [0.5, 0.6) is 0 Å². The number of nitrogens with zero attached hydrogens (tertiary/aromatic N) is 1. The first kappa shape index (κ1) is 15.0. The van der Waals surface area contributed by atoms with Gasteiger partial charge in [0.05, 0.1) is 6.26 Å². The van der Waals surface area contributed by atoms with Crippen LogP contribution in [0.1, 0.15) is 32.4 Å². The van der Waals surface area contributed by atoms with Crippen molar-refractivity contribution in [2.45, 2.75) is 32.2 Å². The predicted octanol–water partition coefficient (Wildman–Crippen LogP) is 2.39. The molecule has 1 aliphatic rings. The minimum atomic E-state index is -1.10. The van der Waals surface area contributed by atoms with Gasteiger partial charge in [0.25, 0.3) is 5.91 Å². The second kappa shape index (κ2) is 5.91. The van der Waals surface area contributed by atoms with E-state index in [1.165, 1.54) is 11.2 Å². The van der Waals surface area contributed by atoms with Gasteiger partial charge in [0, 0.05) is 6.54 Å². The van der Waals surface area contributed by atoms with Crippen molar-refractivity contribution in [3.05, 3.63) is 24.2 Å². The van der Waals surface area contributed by atoms with E-state index in [4.69, 9.17) is 4.42 Å². The first-order chi connectivity index (χ1) is 9.52. The molecule has 0 radical (unpaired) electrons. The molecule has 1 fully saturated rings. The fourth-order valence-electron chi connectivity index (χ4n) is 2.50. The summed E-state index contributed by atoms with van der Waals surface area (Å²) in [5.74, 6) is 1.07. The smallest absolute Gasteiger partial charge is 0.325 e. The maximum absolute atomic E-state index is 12.5. The van der Waals surface area contributed by atoms with Crippen LogP contribution in [0.3, 0.4) is 0 Å².